The maximum absolute atomic E-state index is 12.9. The van der Waals surface area contributed by atoms with Crippen LogP contribution in [0.25, 0.3) is 11.0 Å². The third kappa shape index (κ3) is 3.47. The number of aryl methyl sites for hydroxylation is 2. The lowest BCUT2D eigenvalue weighted by molar-refractivity contribution is -0.136. The van der Waals surface area contributed by atoms with Gasteiger partial charge >= 0.3 is 0 Å². The average Bonchev–Trinajstić information content (AvgIpc) is 3.10. The number of fused-ring (bicyclic) bond motifs is 1. The minimum absolute atomic E-state index is 0.00642. The highest BCUT2D eigenvalue weighted by atomic mass is 16.3. The first-order valence-electron chi connectivity index (χ1n) is 9.52. The summed E-state index contributed by atoms with van der Waals surface area (Å²) in [6.45, 7) is 4.82. The van der Waals surface area contributed by atoms with E-state index in [4.69, 9.17) is 4.42 Å². The number of hydrogen-bond acceptors (Lipinski definition) is 4. The van der Waals surface area contributed by atoms with Crippen molar-refractivity contribution in [1.29, 1.82) is 5.26 Å². The molecule has 4 rings (SSSR count). The lowest BCUT2D eigenvalue weighted by atomic mass is 10.0. The lowest BCUT2D eigenvalue weighted by Gasteiger charge is -2.34. The van der Waals surface area contributed by atoms with Crippen LogP contribution in [0.15, 0.2) is 47.1 Å². The number of piperazine rings is 1. The van der Waals surface area contributed by atoms with Crippen LogP contribution in [0.3, 0.4) is 0 Å². The van der Waals surface area contributed by atoms with Gasteiger partial charge in [0.15, 0.2) is 0 Å². The van der Waals surface area contributed by atoms with Crippen LogP contribution >= 0.6 is 0 Å². The second-order valence-corrected chi connectivity index (χ2v) is 7.38. The molecule has 2 amide bonds. The first-order valence-corrected chi connectivity index (χ1v) is 9.52. The number of nitriles is 1. The lowest BCUT2D eigenvalue weighted by Crippen LogP contribution is -2.53. The van der Waals surface area contributed by atoms with Gasteiger partial charge in [0.25, 0.3) is 0 Å². The van der Waals surface area contributed by atoms with Crippen molar-refractivity contribution in [3.63, 3.8) is 0 Å². The maximum Gasteiger partial charge on any atom is 0.246 e. The van der Waals surface area contributed by atoms with Gasteiger partial charge in [0.05, 0.1) is 23.9 Å². The second kappa shape index (κ2) is 7.44. The van der Waals surface area contributed by atoms with Gasteiger partial charge in [-0.1, -0.05) is 18.2 Å². The van der Waals surface area contributed by atoms with E-state index in [1.165, 1.54) is 0 Å². The molecule has 29 heavy (non-hydrogen) atoms. The molecule has 0 radical (unpaired) electrons. The summed E-state index contributed by atoms with van der Waals surface area (Å²) in [5, 5.41) is 10.3. The number of benzene rings is 2. The Morgan fingerprint density at radius 2 is 2.00 bits per heavy atom. The highest BCUT2D eigenvalue weighted by molar-refractivity contribution is 5.99. The van der Waals surface area contributed by atoms with Gasteiger partial charge in [0.2, 0.25) is 11.8 Å². The molecule has 1 saturated heterocycles. The summed E-state index contributed by atoms with van der Waals surface area (Å²) in [5.41, 5.74) is 4.86. The molecule has 146 valence electrons. The molecule has 0 bridgehead atoms. The van der Waals surface area contributed by atoms with Crippen LogP contribution in [-0.2, 0) is 16.0 Å². The van der Waals surface area contributed by atoms with Crippen LogP contribution in [-0.4, -0.2) is 36.3 Å². The number of anilines is 1. The molecule has 2 aromatic carbocycles. The number of nitrogens with zero attached hydrogens (tertiary/aromatic N) is 3. The fraction of sp³-hybridized carbons (Fsp3) is 0.261. The largest absolute Gasteiger partial charge is 0.464 e. The average molecular weight is 387 g/mol. The third-order valence-corrected chi connectivity index (χ3v) is 5.32. The molecule has 1 fully saturated rings. The molecular formula is C23H21N3O3. The summed E-state index contributed by atoms with van der Waals surface area (Å²) in [4.78, 5) is 28.7. The van der Waals surface area contributed by atoms with Crippen molar-refractivity contribution in [2.24, 2.45) is 0 Å². The summed E-state index contributed by atoms with van der Waals surface area (Å²) in [7, 11) is 0. The molecule has 6 heteroatoms. The normalized spacial score (nSPS) is 14.3. The number of carbonyl (C=O) groups is 2. The number of para-hydroxylation sites is 1. The first kappa shape index (κ1) is 18.8. The van der Waals surface area contributed by atoms with Gasteiger partial charge in [-0.3, -0.25) is 9.59 Å². The summed E-state index contributed by atoms with van der Waals surface area (Å²) >= 11 is 0. The van der Waals surface area contributed by atoms with E-state index in [0.29, 0.717) is 24.3 Å². The van der Waals surface area contributed by atoms with Crippen molar-refractivity contribution in [1.82, 2.24) is 4.90 Å². The van der Waals surface area contributed by atoms with E-state index in [2.05, 4.69) is 12.1 Å². The van der Waals surface area contributed by atoms with Crippen molar-refractivity contribution >= 4 is 28.5 Å². The van der Waals surface area contributed by atoms with Crippen molar-refractivity contribution in [2.75, 3.05) is 24.5 Å². The summed E-state index contributed by atoms with van der Waals surface area (Å²) in [5.74, 6) is -0.287. The molecule has 6 nitrogen and oxygen atoms in total. The Morgan fingerprint density at radius 3 is 2.76 bits per heavy atom. The minimum Gasteiger partial charge on any atom is -0.464 e. The first-order chi connectivity index (χ1) is 14.0. The van der Waals surface area contributed by atoms with Crippen molar-refractivity contribution in [3.05, 3.63) is 64.9 Å². The summed E-state index contributed by atoms with van der Waals surface area (Å²) in [6.07, 6.45) is 1.83. The third-order valence-electron chi connectivity index (χ3n) is 5.32. The molecule has 0 saturated carbocycles. The molecule has 0 spiro atoms. The Morgan fingerprint density at radius 1 is 1.21 bits per heavy atom. The Kier molecular flexibility index (Phi) is 4.81. The molecule has 0 atom stereocenters. The Bertz CT molecular complexity index is 1160. The SMILES string of the molecule is Cc1cc(C)c2c(CC(=O)N3CCN(c4ccccc4C#N)C(=O)C3)coc2c1. The smallest absolute Gasteiger partial charge is 0.246 e. The zero-order valence-corrected chi connectivity index (χ0v) is 16.4. The van der Waals surface area contributed by atoms with E-state index in [0.717, 1.165) is 27.7 Å². The molecule has 3 aromatic rings. The van der Waals surface area contributed by atoms with E-state index >= 15 is 0 Å². The van der Waals surface area contributed by atoms with Gasteiger partial charge in [-0.05, 0) is 43.2 Å². The van der Waals surface area contributed by atoms with Crippen molar-refractivity contribution in [2.45, 2.75) is 20.3 Å². The summed E-state index contributed by atoms with van der Waals surface area (Å²) < 4.78 is 5.64. The predicted octanol–water partition coefficient (Wildman–Crippen LogP) is 3.34. The molecule has 1 aromatic heterocycles. The molecular weight excluding hydrogens is 366 g/mol. The van der Waals surface area contributed by atoms with Crippen LogP contribution in [0, 0.1) is 25.2 Å². The molecule has 2 heterocycles. The van der Waals surface area contributed by atoms with Gasteiger partial charge in [-0.15, -0.1) is 0 Å². The zero-order chi connectivity index (χ0) is 20.5. The molecule has 0 unspecified atom stereocenters. The monoisotopic (exact) mass is 387 g/mol. The molecule has 0 aliphatic carbocycles. The van der Waals surface area contributed by atoms with Crippen LogP contribution in [0.4, 0.5) is 5.69 Å². The Labute approximate surface area is 168 Å². The Balaban J connectivity index is 1.50. The predicted molar refractivity (Wildman–Crippen MR) is 109 cm³/mol. The molecule has 1 aliphatic rings. The van der Waals surface area contributed by atoms with Crippen molar-refractivity contribution in [3.8, 4) is 6.07 Å². The standard InChI is InChI=1S/C23H21N3O3/c1-15-9-16(2)23-18(14-29-20(23)10-15)11-21(27)25-7-8-26(22(28)13-25)19-6-4-3-5-17(19)12-24/h3-6,9-10,14H,7-8,11,13H2,1-2H3. The van der Waals surface area contributed by atoms with E-state index in [1.54, 1.807) is 40.3 Å². The number of amides is 2. The van der Waals surface area contributed by atoms with Gasteiger partial charge < -0.3 is 14.2 Å². The number of hydrogen-bond donors (Lipinski definition) is 0. The van der Waals surface area contributed by atoms with Gasteiger partial charge in [0, 0.05) is 24.0 Å². The second-order valence-electron chi connectivity index (χ2n) is 7.38. The quantitative estimate of drug-likeness (QED) is 0.691. The Hall–Kier alpha value is -3.59. The van der Waals surface area contributed by atoms with Gasteiger partial charge in [-0.25, -0.2) is 0 Å². The minimum atomic E-state index is -0.184. The van der Waals surface area contributed by atoms with E-state index in [1.807, 2.05) is 19.9 Å². The highest BCUT2D eigenvalue weighted by Crippen LogP contribution is 2.27. The maximum atomic E-state index is 12.9. The number of furan rings is 1. The van der Waals surface area contributed by atoms with Gasteiger partial charge in [0.1, 0.15) is 18.2 Å². The molecule has 0 N–H and O–H groups in total. The van der Waals surface area contributed by atoms with Crippen LogP contribution in [0.2, 0.25) is 0 Å². The van der Waals surface area contributed by atoms with Gasteiger partial charge in [-0.2, -0.15) is 5.26 Å². The fourth-order valence-corrected chi connectivity index (χ4v) is 3.98. The summed E-state index contributed by atoms with van der Waals surface area (Å²) in [6, 6.07) is 13.2. The highest BCUT2D eigenvalue weighted by Gasteiger charge is 2.29. The topological polar surface area (TPSA) is 77.5 Å². The zero-order valence-electron chi connectivity index (χ0n) is 16.4. The molecule has 1 aliphatic heterocycles. The fourth-order valence-electron chi connectivity index (χ4n) is 3.98. The number of rotatable bonds is 3. The van der Waals surface area contributed by atoms with Crippen LogP contribution in [0.5, 0.6) is 0 Å². The van der Waals surface area contributed by atoms with Crippen LogP contribution < -0.4 is 4.90 Å². The van der Waals surface area contributed by atoms with Crippen LogP contribution in [0.1, 0.15) is 22.3 Å². The number of carbonyl (C=O) groups excluding carboxylic acids is 2. The van der Waals surface area contributed by atoms with E-state index < -0.39 is 0 Å². The van der Waals surface area contributed by atoms with E-state index in [-0.39, 0.29) is 24.8 Å². The van der Waals surface area contributed by atoms with E-state index in [9.17, 15) is 14.9 Å². The van der Waals surface area contributed by atoms with Crippen molar-refractivity contribution < 1.29 is 14.0 Å².